The fourth-order valence-corrected chi connectivity index (χ4v) is 0. The zero-order valence-electron chi connectivity index (χ0n) is 11.6. The molecule has 0 saturated heterocycles. The van der Waals surface area contributed by atoms with E-state index in [0.29, 0.717) is 0 Å². The van der Waals surface area contributed by atoms with Crippen LogP contribution in [0.3, 0.4) is 0 Å². The summed E-state index contributed by atoms with van der Waals surface area (Å²) in [5, 5.41) is 0. The fourth-order valence-electron chi connectivity index (χ4n) is 0. The molecule has 0 fully saturated rings. The van der Waals surface area contributed by atoms with Gasteiger partial charge in [-0.2, -0.15) is 0 Å². The van der Waals surface area contributed by atoms with Crippen LogP contribution in [-0.2, 0) is 0 Å². The largest absolute Gasteiger partial charge is 1.00 e. The quantitative estimate of drug-likeness (QED) is 0.369. The van der Waals surface area contributed by atoms with Gasteiger partial charge >= 0.3 is 11.4 Å². The molecule has 8 N–H and O–H groups in total. The van der Waals surface area contributed by atoms with Crippen LogP contribution >= 0.6 is 0 Å². The Morgan fingerprint density at radius 1 is 0.500 bits per heavy atom. The third-order valence-electron chi connectivity index (χ3n) is 0. The van der Waals surface area contributed by atoms with Crippen molar-refractivity contribution in [1.29, 1.82) is 0 Å². The minimum absolute atomic E-state index is 0. The molecule has 0 aliphatic rings. The molecule has 0 aromatic heterocycles. The van der Waals surface area contributed by atoms with E-state index in [-0.39, 0.29) is 33.3 Å². The lowest BCUT2D eigenvalue weighted by Gasteiger charge is -0.707. The van der Waals surface area contributed by atoms with Crippen LogP contribution in [0.25, 0.3) is 0 Å². The van der Waals surface area contributed by atoms with E-state index in [9.17, 15) is 0 Å². The van der Waals surface area contributed by atoms with Gasteiger partial charge in [0.25, 0.3) is 0 Å². The van der Waals surface area contributed by atoms with E-state index in [1.165, 1.54) is 0 Å². The molecule has 0 aliphatic heterocycles. The minimum atomic E-state index is 0. The average molecular weight is 144 g/mol. The molecule has 0 spiro atoms. The Hall–Kier alpha value is -0.960. The van der Waals surface area contributed by atoms with Gasteiger partial charge in [0.1, 0.15) is 0 Å². The summed E-state index contributed by atoms with van der Waals surface area (Å²) in [6, 6.07) is 0. The Morgan fingerprint density at radius 2 is 0.500 bits per heavy atom. The predicted molar refractivity (Wildman–Crippen MR) is 36.8 cm³/mol. The zero-order valence-corrected chi connectivity index (χ0v) is 3.63. The molecule has 0 aliphatic carbocycles. The highest BCUT2D eigenvalue weighted by atomic mass is 16.7. The van der Waals surface area contributed by atoms with Crippen molar-refractivity contribution in [1.82, 2.24) is 0 Å². The highest BCUT2D eigenvalue weighted by molar-refractivity contribution is 4.08. The molecule has 8 nitrogen and oxygen atoms in total. The normalized spacial score (nSPS) is 1.00. The summed E-state index contributed by atoms with van der Waals surface area (Å²) in [4.78, 5) is 28.0. The molecule has 0 heterocycles. The smallest absolute Gasteiger partial charge is 0.412 e. The molecule has 56 valence electrons. The van der Waals surface area contributed by atoms with Gasteiger partial charge < -0.3 is 21.9 Å². The second-order valence-corrected chi connectivity index (χ2v) is 0. The van der Waals surface area contributed by atoms with Gasteiger partial charge in [0.15, 0.2) is 0 Å². The first-order valence-electron chi connectivity index (χ1n) is 0.333. The molecule has 0 unspecified atom stereocenters. The predicted octanol–water partition coefficient (Wildman–Crippen LogP) is -2.26. The van der Waals surface area contributed by atoms with E-state index < -0.39 is 0 Å². The van der Waals surface area contributed by atoms with E-state index in [1.807, 2.05) is 0 Å². The molecule has 0 amide bonds. The monoisotopic (exact) mass is 144 g/mol. The van der Waals surface area contributed by atoms with Gasteiger partial charge in [-0.3, -0.25) is 0 Å². The van der Waals surface area contributed by atoms with Crippen molar-refractivity contribution in [3.8, 4) is 0 Å². The highest BCUT2D eigenvalue weighted by Gasteiger charge is 0.709. The molecule has 0 bridgehead atoms. The van der Waals surface area contributed by atoms with Crippen LogP contribution in [0.4, 0.5) is 0 Å². The Labute approximate surface area is 55.0 Å². The third kappa shape index (κ3) is 89.3. The number of hydrogen-bond acceptors (Lipinski definition) is 4. The van der Waals surface area contributed by atoms with Crippen LogP contribution < -0.4 is 0 Å². The van der Waals surface area contributed by atoms with E-state index in [2.05, 4.69) is 0 Å². The van der Waals surface area contributed by atoms with Crippen LogP contribution in [-0.4, -0.2) is 21.9 Å². The van der Waals surface area contributed by atoms with Crippen LogP contribution in [0.2, 0.25) is 0 Å². The maximum Gasteiger partial charge on any atom is 1.00 e. The van der Waals surface area contributed by atoms with Crippen molar-refractivity contribution in [3.05, 3.63) is 19.9 Å². The lowest BCUT2D eigenvalue weighted by atomic mass is 15.3. The lowest BCUT2D eigenvalue weighted by molar-refractivity contribution is 0.823. The van der Waals surface area contributed by atoms with E-state index in [4.69, 9.17) is 19.9 Å². The van der Waals surface area contributed by atoms with Gasteiger partial charge in [0, 0.05) is 19.9 Å². The molecule has 8 heavy (non-hydrogen) atoms. The molecule has 0 saturated carbocycles. The SMILES string of the molecule is O.O.O.O.O=O.O=O.[H+].[H+].[H+].[H+].[H+].[H+].[H+].[H+]. The van der Waals surface area contributed by atoms with Gasteiger partial charge in [-0.1, -0.05) is 0 Å². The Kier molecular flexibility index (Phi) is 4940. The van der Waals surface area contributed by atoms with Crippen LogP contribution in [0, 0.1) is 19.9 Å². The number of rotatable bonds is 0. The molecule has 8 heteroatoms. The molecule has 0 rings (SSSR count). The maximum atomic E-state index is 7.00. The Morgan fingerprint density at radius 3 is 0.500 bits per heavy atom. The molecule has 0 radical (unpaired) electrons. The first-order chi connectivity index (χ1) is 2.00. The van der Waals surface area contributed by atoms with E-state index >= 15 is 0 Å². The summed E-state index contributed by atoms with van der Waals surface area (Å²) in [6.07, 6.45) is 0. The van der Waals surface area contributed by atoms with Gasteiger partial charge in [-0.05, 0) is 0 Å². The van der Waals surface area contributed by atoms with Crippen molar-refractivity contribution in [3.63, 3.8) is 0 Å². The Bertz CT molecular complexity index is 18.0. The second kappa shape index (κ2) is 166. The molecule has 0 aromatic carbocycles. The first kappa shape index (κ1) is 237. The van der Waals surface area contributed by atoms with Crippen molar-refractivity contribution >= 4 is 0 Å². The minimum Gasteiger partial charge on any atom is -0.412 e. The summed E-state index contributed by atoms with van der Waals surface area (Å²) in [5.74, 6) is 0. The molecular weight excluding hydrogens is 128 g/mol. The van der Waals surface area contributed by atoms with Crippen molar-refractivity contribution < 1.29 is 33.3 Å². The second-order valence-electron chi connectivity index (χ2n) is 0. The average Bonchev–Trinajstić information content (AvgIpc) is 1.50. The van der Waals surface area contributed by atoms with E-state index in [0.717, 1.165) is 0 Å². The van der Waals surface area contributed by atoms with Gasteiger partial charge in [0.05, 0.1) is 0 Å². The zero-order chi connectivity index (χ0) is 4.00. The standard InChI is InChI=1S/2O2.4H2O/c2*1-2;;;;/h;;4*1H2/p+8. The first-order valence-corrected chi connectivity index (χ1v) is 0.333. The molecular formula is H16O8+8. The highest BCUT2D eigenvalue weighted by Crippen LogP contribution is 0.743. The van der Waals surface area contributed by atoms with E-state index in [1.54, 1.807) is 0 Å². The number of hydrogen-bond donors (Lipinski definition) is 0. The van der Waals surface area contributed by atoms with Gasteiger partial charge in [-0.25, -0.2) is 0 Å². The summed E-state index contributed by atoms with van der Waals surface area (Å²) in [6.45, 7) is 0. The van der Waals surface area contributed by atoms with Gasteiger partial charge in [-0.15, -0.1) is 0 Å². The topological polar surface area (TPSA) is 194 Å². The summed E-state index contributed by atoms with van der Waals surface area (Å²) >= 11 is 0. The fraction of sp³-hybridized carbons (Fsp3) is 0. The van der Waals surface area contributed by atoms with Crippen molar-refractivity contribution in [2.75, 3.05) is 0 Å². The summed E-state index contributed by atoms with van der Waals surface area (Å²) < 4.78 is 0. The molecule has 0 aromatic rings. The van der Waals surface area contributed by atoms with Gasteiger partial charge in [0.2, 0.25) is 0 Å². The Balaban J connectivity index is -0.000000000238. The van der Waals surface area contributed by atoms with Crippen LogP contribution in [0.1, 0.15) is 11.4 Å². The maximum absolute atomic E-state index is 7.00. The summed E-state index contributed by atoms with van der Waals surface area (Å²) in [7, 11) is 0. The molecule has 0 atom stereocenters. The summed E-state index contributed by atoms with van der Waals surface area (Å²) in [5.41, 5.74) is 0. The van der Waals surface area contributed by atoms with Crippen LogP contribution in [0.15, 0.2) is 0 Å². The third-order valence-corrected chi connectivity index (χ3v) is 0. The lowest BCUT2D eigenvalue weighted by Crippen LogP contribution is -0.674. The van der Waals surface area contributed by atoms with Crippen molar-refractivity contribution in [2.45, 2.75) is 0 Å². The van der Waals surface area contributed by atoms with Crippen molar-refractivity contribution in [2.24, 2.45) is 0 Å². The van der Waals surface area contributed by atoms with Crippen LogP contribution in [0.5, 0.6) is 0 Å².